The van der Waals surface area contributed by atoms with Crippen molar-refractivity contribution in [1.29, 1.82) is 0 Å². The third kappa shape index (κ3) is 2.46. The Morgan fingerprint density at radius 2 is 2.12 bits per heavy atom. The maximum absolute atomic E-state index is 12.3. The molecule has 0 radical (unpaired) electrons. The van der Waals surface area contributed by atoms with Crippen molar-refractivity contribution in [3.8, 4) is 0 Å². The number of hydrogen-bond acceptors (Lipinski definition) is 3. The quantitative estimate of drug-likeness (QED) is 0.749. The minimum Gasteiger partial charge on any atom is -0.489 e. The van der Waals surface area contributed by atoms with Crippen molar-refractivity contribution in [2.75, 3.05) is 6.61 Å². The fourth-order valence-corrected chi connectivity index (χ4v) is 1.40. The first kappa shape index (κ1) is 11.6. The summed E-state index contributed by atoms with van der Waals surface area (Å²) in [5, 5.41) is 0. The molecule has 0 atom stereocenters. The number of carbonyl (C=O) groups excluding carboxylic acids is 1. The first-order valence-electron chi connectivity index (χ1n) is 4.89. The molecule has 1 aliphatic rings. The number of rotatable bonds is 2. The third-order valence-corrected chi connectivity index (χ3v) is 2.25. The molecule has 2 rings (SSSR count). The van der Waals surface area contributed by atoms with Crippen molar-refractivity contribution in [3.05, 3.63) is 41.4 Å². The normalized spacial score (nSPS) is 15.4. The summed E-state index contributed by atoms with van der Waals surface area (Å²) >= 11 is 0. The van der Waals surface area contributed by atoms with Crippen LogP contribution in [0.15, 0.2) is 30.2 Å². The van der Waals surface area contributed by atoms with Crippen molar-refractivity contribution in [3.63, 3.8) is 0 Å². The molecular formula is C11H8F3NO2. The molecule has 6 heteroatoms. The Morgan fingerprint density at radius 1 is 1.35 bits per heavy atom. The Morgan fingerprint density at radius 3 is 2.59 bits per heavy atom. The van der Waals surface area contributed by atoms with E-state index >= 15 is 0 Å². The summed E-state index contributed by atoms with van der Waals surface area (Å²) in [6.45, 7) is 0.418. The Hall–Kier alpha value is -1.85. The van der Waals surface area contributed by atoms with Crippen LogP contribution >= 0.6 is 0 Å². The average molecular weight is 243 g/mol. The van der Waals surface area contributed by atoms with Crippen LogP contribution in [0.5, 0.6) is 0 Å². The number of carbonyl (C=O) groups is 1. The highest BCUT2D eigenvalue weighted by atomic mass is 19.4. The molecule has 0 bridgehead atoms. The smallest absolute Gasteiger partial charge is 0.417 e. The van der Waals surface area contributed by atoms with Gasteiger partial charge >= 0.3 is 6.18 Å². The van der Waals surface area contributed by atoms with Gasteiger partial charge in [-0.05, 0) is 18.2 Å². The highest BCUT2D eigenvalue weighted by Gasteiger charge is 2.31. The lowest BCUT2D eigenvalue weighted by Crippen LogP contribution is -2.10. The lowest BCUT2D eigenvalue weighted by atomic mass is 10.2. The van der Waals surface area contributed by atoms with Gasteiger partial charge < -0.3 is 4.74 Å². The van der Waals surface area contributed by atoms with Gasteiger partial charge in [0.25, 0.3) is 0 Å². The van der Waals surface area contributed by atoms with Crippen LogP contribution in [0.2, 0.25) is 0 Å². The van der Waals surface area contributed by atoms with E-state index in [0.29, 0.717) is 19.2 Å². The fourth-order valence-electron chi connectivity index (χ4n) is 1.40. The summed E-state index contributed by atoms with van der Waals surface area (Å²) in [6, 6.07) is 1.88. The zero-order valence-corrected chi connectivity index (χ0v) is 8.62. The second kappa shape index (κ2) is 4.20. The second-order valence-electron chi connectivity index (χ2n) is 3.46. The number of ether oxygens (including phenoxy) is 1. The van der Waals surface area contributed by atoms with E-state index in [1.165, 1.54) is 0 Å². The van der Waals surface area contributed by atoms with Gasteiger partial charge in [-0.15, -0.1) is 0 Å². The number of allylic oxidation sites excluding steroid dienone is 1. The molecule has 17 heavy (non-hydrogen) atoms. The van der Waals surface area contributed by atoms with Crippen LogP contribution in [0.4, 0.5) is 13.2 Å². The molecule has 0 aliphatic carbocycles. The van der Waals surface area contributed by atoms with Crippen LogP contribution in [-0.4, -0.2) is 17.4 Å². The molecule has 0 saturated heterocycles. The Bertz CT molecular complexity index is 463. The van der Waals surface area contributed by atoms with Gasteiger partial charge in [0.15, 0.2) is 5.76 Å². The van der Waals surface area contributed by atoms with Crippen molar-refractivity contribution < 1.29 is 22.7 Å². The summed E-state index contributed by atoms with van der Waals surface area (Å²) in [5.74, 6) is -0.339. The van der Waals surface area contributed by atoms with Gasteiger partial charge in [-0.25, -0.2) is 0 Å². The summed E-state index contributed by atoms with van der Waals surface area (Å²) in [6.07, 6.45) is -1.58. The molecular weight excluding hydrogens is 235 g/mol. The zero-order valence-electron chi connectivity index (χ0n) is 8.62. The Balaban J connectivity index is 2.21. The number of halogens is 3. The molecule has 3 nitrogen and oxygen atoms in total. The highest BCUT2D eigenvalue weighted by Crippen LogP contribution is 2.28. The van der Waals surface area contributed by atoms with E-state index in [0.717, 1.165) is 12.1 Å². The minimum absolute atomic E-state index is 0.0499. The summed E-state index contributed by atoms with van der Waals surface area (Å²) in [4.78, 5) is 15.2. The molecule has 90 valence electrons. The zero-order chi connectivity index (χ0) is 12.5. The summed E-state index contributed by atoms with van der Waals surface area (Å²) in [7, 11) is 0. The molecule has 0 unspecified atom stereocenters. The Labute approximate surface area is 94.9 Å². The van der Waals surface area contributed by atoms with Gasteiger partial charge in [0.05, 0.1) is 12.2 Å². The fraction of sp³-hybridized carbons (Fsp3) is 0.273. The number of aromatic nitrogens is 1. The van der Waals surface area contributed by atoms with E-state index in [1.807, 2.05) is 0 Å². The molecule has 1 aromatic rings. The van der Waals surface area contributed by atoms with Gasteiger partial charge in [0.2, 0.25) is 5.78 Å². The molecule has 2 heterocycles. The maximum atomic E-state index is 12.3. The standard InChI is InChI=1S/C11H8F3NO2/c12-11(13,14)7-3-4-8(15-6-7)10(16)9-2-1-5-17-9/h2-4,6H,1,5H2. The van der Waals surface area contributed by atoms with Crippen LogP contribution < -0.4 is 0 Å². The van der Waals surface area contributed by atoms with E-state index < -0.39 is 17.5 Å². The summed E-state index contributed by atoms with van der Waals surface area (Å²) in [5.41, 5.74) is -0.929. The molecule has 0 amide bonds. The molecule has 0 N–H and O–H groups in total. The van der Waals surface area contributed by atoms with Crippen LogP contribution in [0.3, 0.4) is 0 Å². The van der Waals surface area contributed by atoms with Gasteiger partial charge in [0, 0.05) is 12.6 Å². The van der Waals surface area contributed by atoms with Crippen LogP contribution in [0.1, 0.15) is 22.5 Å². The van der Waals surface area contributed by atoms with Gasteiger partial charge in [0.1, 0.15) is 5.69 Å². The molecule has 1 aromatic heterocycles. The topological polar surface area (TPSA) is 39.2 Å². The SMILES string of the molecule is O=C(C1=CCCO1)c1ccc(C(F)(F)F)cn1. The Kier molecular flexibility index (Phi) is 2.87. The monoisotopic (exact) mass is 243 g/mol. The van der Waals surface area contributed by atoms with E-state index in [1.54, 1.807) is 6.08 Å². The first-order chi connectivity index (χ1) is 7.98. The minimum atomic E-state index is -4.45. The average Bonchev–Trinajstić information content (AvgIpc) is 2.80. The lowest BCUT2D eigenvalue weighted by Gasteiger charge is -2.06. The predicted molar refractivity (Wildman–Crippen MR) is 52.2 cm³/mol. The van der Waals surface area contributed by atoms with Crippen molar-refractivity contribution >= 4 is 5.78 Å². The number of alkyl halides is 3. The van der Waals surface area contributed by atoms with E-state index in [2.05, 4.69) is 4.98 Å². The van der Waals surface area contributed by atoms with Gasteiger partial charge in [-0.3, -0.25) is 9.78 Å². The second-order valence-corrected chi connectivity index (χ2v) is 3.46. The van der Waals surface area contributed by atoms with Crippen molar-refractivity contribution in [1.82, 2.24) is 4.98 Å². The first-order valence-corrected chi connectivity index (χ1v) is 4.89. The van der Waals surface area contributed by atoms with Gasteiger partial charge in [-0.1, -0.05) is 0 Å². The number of hydrogen-bond donors (Lipinski definition) is 0. The number of nitrogens with zero attached hydrogens (tertiary/aromatic N) is 1. The highest BCUT2D eigenvalue weighted by molar-refractivity contribution is 6.06. The number of Topliss-reactive ketones (excluding diaryl/α,β-unsaturated/α-hetero) is 1. The van der Waals surface area contributed by atoms with Gasteiger partial charge in [-0.2, -0.15) is 13.2 Å². The molecule has 0 spiro atoms. The van der Waals surface area contributed by atoms with Crippen molar-refractivity contribution in [2.24, 2.45) is 0 Å². The van der Waals surface area contributed by atoms with Crippen LogP contribution in [0.25, 0.3) is 0 Å². The van der Waals surface area contributed by atoms with E-state index in [4.69, 9.17) is 4.74 Å². The van der Waals surface area contributed by atoms with Crippen LogP contribution in [-0.2, 0) is 10.9 Å². The van der Waals surface area contributed by atoms with E-state index in [9.17, 15) is 18.0 Å². The predicted octanol–water partition coefficient (Wildman–Crippen LogP) is 2.59. The van der Waals surface area contributed by atoms with Crippen LogP contribution in [0, 0.1) is 0 Å². The largest absolute Gasteiger partial charge is 0.489 e. The number of ketones is 1. The van der Waals surface area contributed by atoms with E-state index in [-0.39, 0.29) is 11.5 Å². The number of pyridine rings is 1. The maximum Gasteiger partial charge on any atom is 0.417 e. The third-order valence-electron chi connectivity index (χ3n) is 2.25. The molecule has 0 fully saturated rings. The lowest BCUT2D eigenvalue weighted by molar-refractivity contribution is -0.137. The molecule has 0 aromatic carbocycles. The summed E-state index contributed by atoms with van der Waals surface area (Å²) < 4.78 is 41.8. The molecule has 1 aliphatic heterocycles. The molecule has 0 saturated carbocycles. The van der Waals surface area contributed by atoms with Crippen molar-refractivity contribution in [2.45, 2.75) is 12.6 Å².